The Morgan fingerprint density at radius 1 is 1.06 bits per heavy atom. The number of nitrogens with zero attached hydrogens (tertiary/aromatic N) is 1. The molecule has 2 atom stereocenters. The second-order valence-corrected chi connectivity index (χ2v) is 8.00. The Labute approximate surface area is 114 Å². The molecule has 1 N–H and O–H groups in total. The second-order valence-electron chi connectivity index (χ2n) is 8.00. The first kappa shape index (κ1) is 14.3. The maximum absolute atomic E-state index is 3.71. The monoisotopic (exact) mass is 252 g/mol. The predicted molar refractivity (Wildman–Crippen MR) is 78.9 cm³/mol. The molecule has 2 heterocycles. The first-order valence-corrected chi connectivity index (χ1v) is 7.81. The molecule has 0 aromatic carbocycles. The van der Waals surface area contributed by atoms with Crippen molar-refractivity contribution in [2.24, 2.45) is 5.41 Å². The third kappa shape index (κ3) is 3.08. The molecule has 2 aliphatic heterocycles. The van der Waals surface area contributed by atoms with Crippen LogP contribution < -0.4 is 5.32 Å². The first-order chi connectivity index (χ1) is 8.31. The van der Waals surface area contributed by atoms with Gasteiger partial charge in [-0.1, -0.05) is 13.8 Å². The van der Waals surface area contributed by atoms with Gasteiger partial charge in [0.1, 0.15) is 0 Å². The van der Waals surface area contributed by atoms with Crippen LogP contribution in [0.1, 0.15) is 66.7 Å². The Bertz CT molecular complexity index is 271. The lowest BCUT2D eigenvalue weighted by Crippen LogP contribution is -2.48. The molecule has 0 saturated carbocycles. The van der Waals surface area contributed by atoms with Crippen LogP contribution in [0, 0.1) is 5.41 Å². The van der Waals surface area contributed by atoms with Gasteiger partial charge in [-0.2, -0.15) is 0 Å². The second kappa shape index (κ2) is 5.13. The van der Waals surface area contributed by atoms with Gasteiger partial charge in [0.15, 0.2) is 0 Å². The van der Waals surface area contributed by atoms with Gasteiger partial charge in [0, 0.05) is 17.6 Å². The number of rotatable bonds is 3. The van der Waals surface area contributed by atoms with Crippen LogP contribution in [0.4, 0.5) is 0 Å². The molecule has 0 aromatic rings. The van der Waals surface area contributed by atoms with E-state index in [1.165, 1.54) is 45.2 Å². The van der Waals surface area contributed by atoms with Gasteiger partial charge in [0.25, 0.3) is 0 Å². The summed E-state index contributed by atoms with van der Waals surface area (Å²) < 4.78 is 0. The van der Waals surface area contributed by atoms with Crippen molar-refractivity contribution in [1.82, 2.24) is 10.2 Å². The number of likely N-dealkylation sites (tertiary alicyclic amines) is 1. The van der Waals surface area contributed by atoms with Crippen molar-refractivity contribution in [1.29, 1.82) is 0 Å². The minimum atomic E-state index is 0.334. The van der Waals surface area contributed by atoms with Crippen molar-refractivity contribution < 1.29 is 0 Å². The molecular formula is C16H32N2. The van der Waals surface area contributed by atoms with E-state index in [0.717, 1.165) is 12.1 Å². The fourth-order valence-corrected chi connectivity index (χ4v) is 4.03. The van der Waals surface area contributed by atoms with Gasteiger partial charge in [-0.25, -0.2) is 0 Å². The lowest BCUT2D eigenvalue weighted by molar-refractivity contribution is 0.0810. The molecule has 0 amide bonds. The zero-order chi connectivity index (χ0) is 13.4. The Morgan fingerprint density at radius 3 is 2.33 bits per heavy atom. The van der Waals surface area contributed by atoms with Gasteiger partial charge in [-0.05, 0) is 71.4 Å². The lowest BCUT2D eigenvalue weighted by atomic mass is 9.77. The Kier molecular flexibility index (Phi) is 4.08. The zero-order valence-corrected chi connectivity index (χ0v) is 13.1. The highest BCUT2D eigenvalue weighted by atomic mass is 15.2. The largest absolute Gasteiger partial charge is 0.313 e. The van der Waals surface area contributed by atoms with Crippen LogP contribution in [0.2, 0.25) is 0 Å². The summed E-state index contributed by atoms with van der Waals surface area (Å²) in [5, 5.41) is 3.71. The summed E-state index contributed by atoms with van der Waals surface area (Å²) in [6, 6.07) is 1.53. The highest BCUT2D eigenvalue weighted by Crippen LogP contribution is 2.38. The van der Waals surface area contributed by atoms with Crippen molar-refractivity contribution in [2.45, 2.75) is 84.3 Å². The summed E-state index contributed by atoms with van der Waals surface area (Å²) in [4.78, 5) is 2.74. The van der Waals surface area contributed by atoms with Crippen LogP contribution in [0.3, 0.4) is 0 Å². The zero-order valence-electron chi connectivity index (χ0n) is 13.1. The molecule has 2 fully saturated rings. The van der Waals surface area contributed by atoms with Crippen LogP contribution in [0.5, 0.6) is 0 Å². The lowest BCUT2D eigenvalue weighted by Gasteiger charge is -2.42. The van der Waals surface area contributed by atoms with Crippen molar-refractivity contribution in [3.63, 3.8) is 0 Å². The Balaban J connectivity index is 1.99. The SMILES string of the molecule is CC(C)(CC1CCCN1C(C)(C)C)C1CCCN1. The van der Waals surface area contributed by atoms with E-state index in [9.17, 15) is 0 Å². The van der Waals surface area contributed by atoms with Crippen LogP contribution in [-0.2, 0) is 0 Å². The van der Waals surface area contributed by atoms with Gasteiger partial charge in [-0.3, -0.25) is 4.90 Å². The molecule has 0 aromatic heterocycles. The number of hydrogen-bond acceptors (Lipinski definition) is 2. The molecule has 0 bridgehead atoms. The van der Waals surface area contributed by atoms with E-state index in [0.29, 0.717) is 11.0 Å². The molecule has 2 aliphatic rings. The normalized spacial score (nSPS) is 31.2. The van der Waals surface area contributed by atoms with E-state index in [1.54, 1.807) is 0 Å². The molecule has 18 heavy (non-hydrogen) atoms. The minimum Gasteiger partial charge on any atom is -0.313 e. The molecule has 2 saturated heterocycles. The van der Waals surface area contributed by atoms with Gasteiger partial charge >= 0.3 is 0 Å². The highest BCUT2D eigenvalue weighted by molar-refractivity contribution is 4.95. The fraction of sp³-hybridized carbons (Fsp3) is 1.00. The summed E-state index contributed by atoms with van der Waals surface area (Å²) in [6.07, 6.45) is 6.86. The van der Waals surface area contributed by atoms with Crippen molar-refractivity contribution in [3.8, 4) is 0 Å². The number of nitrogens with one attached hydrogen (secondary N) is 1. The maximum atomic E-state index is 3.71. The first-order valence-electron chi connectivity index (χ1n) is 7.81. The third-order valence-corrected chi connectivity index (χ3v) is 5.00. The molecule has 2 rings (SSSR count). The van der Waals surface area contributed by atoms with E-state index >= 15 is 0 Å². The Morgan fingerprint density at radius 2 is 1.78 bits per heavy atom. The van der Waals surface area contributed by atoms with E-state index in [2.05, 4.69) is 44.8 Å². The third-order valence-electron chi connectivity index (χ3n) is 5.00. The topological polar surface area (TPSA) is 15.3 Å². The van der Waals surface area contributed by atoms with Crippen LogP contribution in [0.25, 0.3) is 0 Å². The molecule has 2 heteroatoms. The van der Waals surface area contributed by atoms with E-state index in [1.807, 2.05) is 0 Å². The van der Waals surface area contributed by atoms with Crippen molar-refractivity contribution in [3.05, 3.63) is 0 Å². The Hall–Kier alpha value is -0.0800. The predicted octanol–water partition coefficient (Wildman–Crippen LogP) is 3.42. The van der Waals surface area contributed by atoms with E-state index in [-0.39, 0.29) is 0 Å². The van der Waals surface area contributed by atoms with Gasteiger partial charge in [-0.15, -0.1) is 0 Å². The number of hydrogen-bond donors (Lipinski definition) is 1. The molecule has 0 aliphatic carbocycles. The van der Waals surface area contributed by atoms with E-state index in [4.69, 9.17) is 0 Å². The standard InChI is InChI=1S/C16H32N2/c1-15(2,3)18-11-7-8-13(18)12-16(4,5)14-9-6-10-17-14/h13-14,17H,6-12H2,1-5H3. The molecule has 2 nitrogen and oxygen atoms in total. The van der Waals surface area contributed by atoms with Crippen molar-refractivity contribution >= 4 is 0 Å². The van der Waals surface area contributed by atoms with Gasteiger partial charge < -0.3 is 5.32 Å². The van der Waals surface area contributed by atoms with E-state index < -0.39 is 0 Å². The molecule has 106 valence electrons. The summed E-state index contributed by atoms with van der Waals surface area (Å²) in [5.74, 6) is 0. The quantitative estimate of drug-likeness (QED) is 0.828. The highest BCUT2D eigenvalue weighted by Gasteiger charge is 2.39. The van der Waals surface area contributed by atoms with Crippen LogP contribution >= 0.6 is 0 Å². The molecule has 2 unspecified atom stereocenters. The average Bonchev–Trinajstić information content (AvgIpc) is 2.83. The van der Waals surface area contributed by atoms with Crippen molar-refractivity contribution in [2.75, 3.05) is 13.1 Å². The molecule has 0 spiro atoms. The summed E-state index contributed by atoms with van der Waals surface area (Å²) in [7, 11) is 0. The van der Waals surface area contributed by atoms with Crippen LogP contribution in [0.15, 0.2) is 0 Å². The molecular weight excluding hydrogens is 220 g/mol. The minimum absolute atomic E-state index is 0.334. The summed E-state index contributed by atoms with van der Waals surface area (Å²) in [6.45, 7) is 14.6. The van der Waals surface area contributed by atoms with Crippen LogP contribution in [-0.4, -0.2) is 35.6 Å². The van der Waals surface area contributed by atoms with Gasteiger partial charge in [0.05, 0.1) is 0 Å². The van der Waals surface area contributed by atoms with Gasteiger partial charge in [0.2, 0.25) is 0 Å². The summed E-state index contributed by atoms with van der Waals surface area (Å²) in [5.41, 5.74) is 0.773. The maximum Gasteiger partial charge on any atom is 0.0127 e. The summed E-state index contributed by atoms with van der Waals surface area (Å²) >= 11 is 0. The smallest absolute Gasteiger partial charge is 0.0127 e. The molecule has 0 radical (unpaired) electrons. The fourth-order valence-electron chi connectivity index (χ4n) is 4.03. The average molecular weight is 252 g/mol.